The topological polar surface area (TPSA) is 153 Å². The number of aromatic nitrogens is 2. The molecule has 62 heavy (non-hydrogen) atoms. The van der Waals surface area contributed by atoms with Gasteiger partial charge in [-0.05, 0) is 128 Å². The number of carbonyl (C=O) groups is 2. The number of benzene rings is 6. The van der Waals surface area contributed by atoms with E-state index in [2.05, 4.69) is 26.7 Å². The van der Waals surface area contributed by atoms with Crippen LogP contribution in [0.5, 0.6) is 0 Å². The van der Waals surface area contributed by atoms with Crippen LogP contribution in [-0.4, -0.2) is 26.7 Å². The first-order valence-corrected chi connectivity index (χ1v) is 19.9. The number of nitrogens with two attached hydrogens (primary N) is 1. The Bertz CT molecular complexity index is 3000. The van der Waals surface area contributed by atoms with E-state index in [9.17, 15) is 46.0 Å². The van der Waals surface area contributed by atoms with E-state index in [-0.39, 0.29) is 11.1 Å². The van der Waals surface area contributed by atoms with Crippen molar-refractivity contribution in [2.45, 2.75) is 26.2 Å². The number of halogens is 6. The molecule has 18 heteroatoms. The van der Waals surface area contributed by atoms with Gasteiger partial charge < -0.3 is 16.4 Å². The van der Waals surface area contributed by atoms with Crippen molar-refractivity contribution in [1.82, 2.24) is 9.97 Å². The van der Waals surface area contributed by atoms with Gasteiger partial charge in [0.2, 0.25) is 0 Å². The van der Waals surface area contributed by atoms with Gasteiger partial charge in [0, 0.05) is 45.4 Å². The van der Waals surface area contributed by atoms with Crippen LogP contribution in [0.25, 0.3) is 41.6 Å². The van der Waals surface area contributed by atoms with Crippen LogP contribution < -0.4 is 16.4 Å². The van der Waals surface area contributed by atoms with Crippen molar-refractivity contribution in [1.29, 1.82) is 0 Å². The largest absolute Gasteiger partial charge is 0.423 e. The maximum Gasteiger partial charge on any atom is 0.423 e. The number of nitrogens with zero attached hydrogens (tertiary/aromatic N) is 3. The molecule has 8 aromatic rings. The molecule has 0 fully saturated rings. The fourth-order valence-electron chi connectivity index (χ4n) is 6.12. The number of nitro benzene ring substituents is 1. The fraction of sp³-hybridized carbons (Fsp3) is 0.0909. The Morgan fingerprint density at radius 3 is 1.44 bits per heavy atom. The molecule has 314 valence electrons. The Kier molecular flexibility index (Phi) is 11.8. The van der Waals surface area contributed by atoms with Gasteiger partial charge in [0.25, 0.3) is 17.5 Å². The minimum Gasteiger partial charge on any atom is -0.398 e. The second-order valence-electron chi connectivity index (χ2n) is 13.8. The zero-order valence-corrected chi connectivity index (χ0v) is 33.8. The van der Waals surface area contributed by atoms with Crippen LogP contribution in [0, 0.1) is 24.0 Å². The summed E-state index contributed by atoms with van der Waals surface area (Å²) in [4.78, 5) is 43.7. The number of nitro groups is 1. The minimum absolute atomic E-state index is 0.123. The number of hydrogen-bond acceptors (Lipinski definition) is 9. The molecular weight excluding hydrogens is 855 g/mol. The monoisotopic (exact) mass is 884 g/mol. The molecule has 0 aliphatic rings. The smallest absolute Gasteiger partial charge is 0.398 e. The van der Waals surface area contributed by atoms with Crippen molar-refractivity contribution >= 4 is 77.7 Å². The third-order valence-electron chi connectivity index (χ3n) is 9.25. The van der Waals surface area contributed by atoms with Gasteiger partial charge in [-0.2, -0.15) is 26.3 Å². The number of anilines is 3. The van der Waals surface area contributed by atoms with E-state index in [4.69, 9.17) is 5.73 Å². The molecule has 8 rings (SSSR count). The van der Waals surface area contributed by atoms with Crippen molar-refractivity contribution < 1.29 is 40.9 Å². The van der Waals surface area contributed by atoms with Gasteiger partial charge >= 0.3 is 12.4 Å². The van der Waals surface area contributed by atoms with Gasteiger partial charge in [0.1, 0.15) is 15.6 Å². The highest BCUT2D eigenvalue weighted by molar-refractivity contribution is 7.22. The van der Waals surface area contributed by atoms with Gasteiger partial charge in [0.15, 0.2) is 0 Å². The Balaban J connectivity index is 0.000000187. The van der Waals surface area contributed by atoms with E-state index in [1.807, 2.05) is 56.3 Å². The predicted molar refractivity (Wildman–Crippen MR) is 229 cm³/mol. The lowest BCUT2D eigenvalue weighted by Gasteiger charge is -2.12. The summed E-state index contributed by atoms with van der Waals surface area (Å²) in [6, 6.07) is 31.0. The lowest BCUT2D eigenvalue weighted by Crippen LogP contribution is -2.15. The number of fused-ring (bicyclic) bond motifs is 2. The zero-order chi connectivity index (χ0) is 44.5. The highest BCUT2D eigenvalue weighted by Crippen LogP contribution is 2.38. The molecule has 2 amide bonds. The average molecular weight is 885 g/mol. The van der Waals surface area contributed by atoms with Crippen molar-refractivity contribution in [3.63, 3.8) is 0 Å². The zero-order valence-electron chi connectivity index (χ0n) is 32.2. The summed E-state index contributed by atoms with van der Waals surface area (Å²) in [5, 5.41) is 17.6. The lowest BCUT2D eigenvalue weighted by molar-refractivity contribution is -0.388. The van der Waals surface area contributed by atoms with Crippen LogP contribution >= 0.6 is 22.7 Å². The Morgan fingerprint density at radius 2 is 1.02 bits per heavy atom. The maximum absolute atomic E-state index is 13.1. The molecule has 0 bridgehead atoms. The summed E-state index contributed by atoms with van der Waals surface area (Å²) >= 11 is 3.10. The number of aryl methyl sites for hydroxylation is 2. The molecule has 10 nitrogen and oxygen atoms in total. The quantitative estimate of drug-likeness (QED) is 0.0623. The van der Waals surface area contributed by atoms with Crippen LogP contribution in [0.15, 0.2) is 121 Å². The standard InChI is InChI=1S/C22H14F3N3O3S.C22H16F3N3OS/c1-12-2-8-17-19(10-12)32-21(27-17)13-3-6-15(7-4-13)26-20(29)14-5-9-18(28(30)31)16(11-14)22(23,24)25;1-12-2-9-18-19(10-12)30-21(28-18)13-3-6-15(7-4-13)27-20(29)14-5-8-17(26)16(11-14)22(23,24)25/h2-11H,1H3,(H,26,29);2-11H,26H2,1H3,(H,27,29). The second kappa shape index (κ2) is 17.1. The molecule has 2 aromatic heterocycles. The number of nitrogen functional groups attached to an aromatic ring is 1. The molecule has 0 aliphatic heterocycles. The lowest BCUT2D eigenvalue weighted by atomic mass is 10.1. The molecule has 0 unspecified atom stereocenters. The molecule has 0 radical (unpaired) electrons. The number of amides is 2. The normalized spacial score (nSPS) is 11.5. The van der Waals surface area contributed by atoms with Crippen LogP contribution in [0.2, 0.25) is 0 Å². The highest BCUT2D eigenvalue weighted by atomic mass is 32.1. The van der Waals surface area contributed by atoms with E-state index in [0.29, 0.717) is 23.5 Å². The van der Waals surface area contributed by atoms with E-state index in [0.717, 1.165) is 70.9 Å². The molecule has 0 spiro atoms. The summed E-state index contributed by atoms with van der Waals surface area (Å²) in [6.07, 6.45) is -9.59. The molecule has 6 aromatic carbocycles. The average Bonchev–Trinajstić information content (AvgIpc) is 3.85. The van der Waals surface area contributed by atoms with Crippen molar-refractivity contribution in [2.75, 3.05) is 16.4 Å². The summed E-state index contributed by atoms with van der Waals surface area (Å²) < 4.78 is 80.6. The van der Waals surface area contributed by atoms with E-state index in [1.165, 1.54) is 17.4 Å². The summed E-state index contributed by atoms with van der Waals surface area (Å²) in [6.45, 7) is 4.02. The SMILES string of the molecule is Cc1ccc2nc(-c3ccc(NC(=O)c4ccc(N)c(C(F)(F)F)c4)cc3)sc2c1.Cc1ccc2nc(-c3ccc(NC(=O)c4ccc([N+](=O)[O-])c(C(F)(F)F)c4)cc3)sc2c1. The van der Waals surface area contributed by atoms with Crippen LogP contribution in [-0.2, 0) is 12.4 Å². The number of alkyl halides is 6. The minimum atomic E-state index is -4.96. The second-order valence-corrected chi connectivity index (χ2v) is 15.9. The number of thiazole rings is 2. The van der Waals surface area contributed by atoms with Gasteiger partial charge in [-0.1, -0.05) is 12.1 Å². The number of nitrogens with one attached hydrogen (secondary N) is 2. The molecule has 0 saturated carbocycles. The molecule has 2 heterocycles. The molecule has 0 aliphatic carbocycles. The van der Waals surface area contributed by atoms with Crippen molar-refractivity contribution in [3.8, 4) is 21.1 Å². The number of carbonyl (C=O) groups excluding carboxylic acids is 2. The van der Waals surface area contributed by atoms with Crippen molar-refractivity contribution in [3.05, 3.63) is 165 Å². The Hall–Kier alpha value is -7.18. The van der Waals surface area contributed by atoms with Crippen LogP contribution in [0.4, 0.5) is 49.1 Å². The first kappa shape index (κ1) is 42.9. The molecule has 4 N–H and O–H groups in total. The van der Waals surface area contributed by atoms with Gasteiger partial charge in [-0.3, -0.25) is 19.7 Å². The molecular formula is C44H30F6N6O4S2. The van der Waals surface area contributed by atoms with Crippen LogP contribution in [0.3, 0.4) is 0 Å². The van der Waals surface area contributed by atoms with E-state index in [1.54, 1.807) is 47.7 Å². The summed E-state index contributed by atoms with van der Waals surface area (Å²) in [7, 11) is 0. The highest BCUT2D eigenvalue weighted by Gasteiger charge is 2.39. The number of rotatable bonds is 7. The van der Waals surface area contributed by atoms with Gasteiger partial charge in [0.05, 0.1) is 30.9 Å². The van der Waals surface area contributed by atoms with Crippen LogP contribution in [0.1, 0.15) is 43.0 Å². The number of hydrogen-bond donors (Lipinski definition) is 3. The summed E-state index contributed by atoms with van der Waals surface area (Å²) in [5.41, 5.74) is 7.52. The van der Waals surface area contributed by atoms with E-state index >= 15 is 0 Å². The fourth-order valence-corrected chi connectivity index (χ4v) is 8.25. The predicted octanol–water partition coefficient (Wildman–Crippen LogP) is 12.6. The van der Waals surface area contributed by atoms with Gasteiger partial charge in [-0.25, -0.2) is 9.97 Å². The van der Waals surface area contributed by atoms with E-state index < -0.39 is 51.6 Å². The van der Waals surface area contributed by atoms with Crippen molar-refractivity contribution in [2.24, 2.45) is 0 Å². The Morgan fingerprint density at radius 1 is 0.597 bits per heavy atom. The Labute approximate surface area is 355 Å². The molecule has 0 atom stereocenters. The first-order chi connectivity index (χ1) is 29.3. The third kappa shape index (κ3) is 9.72. The first-order valence-electron chi connectivity index (χ1n) is 18.2. The molecule has 0 saturated heterocycles. The summed E-state index contributed by atoms with van der Waals surface area (Å²) in [5.74, 6) is -1.46. The third-order valence-corrected chi connectivity index (χ3v) is 11.4. The maximum atomic E-state index is 13.1. The van der Waals surface area contributed by atoms with Gasteiger partial charge in [-0.15, -0.1) is 22.7 Å².